The van der Waals surface area contributed by atoms with E-state index in [9.17, 15) is 4.79 Å². The van der Waals surface area contributed by atoms with E-state index in [-0.39, 0.29) is 5.91 Å². The normalized spacial score (nSPS) is 10.9. The monoisotopic (exact) mass is 313 g/mol. The third-order valence-corrected chi connectivity index (χ3v) is 3.94. The van der Waals surface area contributed by atoms with E-state index in [1.54, 1.807) is 0 Å². The van der Waals surface area contributed by atoms with Crippen LogP contribution in [0.4, 0.5) is 0 Å². The quantitative estimate of drug-likeness (QED) is 0.804. The number of hydrogen-bond acceptors (Lipinski definition) is 2. The van der Waals surface area contributed by atoms with Gasteiger partial charge >= 0.3 is 0 Å². The van der Waals surface area contributed by atoms with Crippen molar-refractivity contribution in [1.82, 2.24) is 14.7 Å². The van der Waals surface area contributed by atoms with Crippen molar-refractivity contribution in [3.8, 4) is 0 Å². The number of aromatic nitrogens is 2. The molecule has 3 aromatic rings. The highest BCUT2D eigenvalue weighted by atomic mass is 35.5. The molecule has 22 heavy (non-hydrogen) atoms. The van der Waals surface area contributed by atoms with Crippen molar-refractivity contribution in [3.05, 3.63) is 70.1 Å². The molecule has 0 aliphatic heterocycles. The Morgan fingerprint density at radius 1 is 1.27 bits per heavy atom. The van der Waals surface area contributed by atoms with E-state index in [2.05, 4.69) is 10.3 Å². The summed E-state index contributed by atoms with van der Waals surface area (Å²) in [5, 5.41) is 3.55. The number of fused-ring (bicyclic) bond motifs is 1. The van der Waals surface area contributed by atoms with Crippen LogP contribution >= 0.6 is 11.6 Å². The Bertz CT molecular complexity index is 854. The molecule has 0 aliphatic carbocycles. The molecule has 0 spiro atoms. The first-order valence-corrected chi connectivity index (χ1v) is 7.41. The fraction of sp³-hybridized carbons (Fsp3) is 0.176. The van der Waals surface area contributed by atoms with Gasteiger partial charge in [-0.15, -0.1) is 0 Å². The summed E-state index contributed by atoms with van der Waals surface area (Å²) in [4.78, 5) is 16.9. The summed E-state index contributed by atoms with van der Waals surface area (Å²) in [6, 6.07) is 11.4. The molecule has 0 bridgehead atoms. The minimum atomic E-state index is -0.159. The van der Waals surface area contributed by atoms with Gasteiger partial charge < -0.3 is 5.32 Å². The Labute approximate surface area is 133 Å². The summed E-state index contributed by atoms with van der Waals surface area (Å²) in [7, 11) is 0. The smallest absolute Gasteiger partial charge is 0.270 e. The molecule has 0 radical (unpaired) electrons. The molecular formula is C17H16ClN3O. The number of pyridine rings is 1. The van der Waals surface area contributed by atoms with Crippen molar-refractivity contribution in [2.75, 3.05) is 0 Å². The maximum atomic E-state index is 12.5. The molecule has 3 rings (SSSR count). The topological polar surface area (TPSA) is 46.4 Å². The largest absolute Gasteiger partial charge is 0.347 e. The number of amides is 1. The molecule has 0 saturated heterocycles. The summed E-state index contributed by atoms with van der Waals surface area (Å²) in [6.07, 6.45) is 1.87. The molecule has 0 aliphatic rings. The summed E-state index contributed by atoms with van der Waals surface area (Å²) < 4.78 is 1.81. The van der Waals surface area contributed by atoms with Gasteiger partial charge in [0.1, 0.15) is 11.3 Å². The van der Waals surface area contributed by atoms with Gasteiger partial charge in [-0.2, -0.15) is 0 Å². The highest BCUT2D eigenvalue weighted by Crippen LogP contribution is 2.16. The molecule has 0 saturated carbocycles. The highest BCUT2D eigenvalue weighted by molar-refractivity contribution is 6.31. The van der Waals surface area contributed by atoms with Crippen LogP contribution in [0.25, 0.3) is 5.65 Å². The molecule has 2 heterocycles. The Morgan fingerprint density at radius 2 is 2.05 bits per heavy atom. The molecule has 112 valence electrons. The first-order valence-electron chi connectivity index (χ1n) is 7.03. The van der Waals surface area contributed by atoms with Gasteiger partial charge in [0.15, 0.2) is 0 Å². The third-order valence-electron chi connectivity index (χ3n) is 3.57. The number of nitrogens with one attached hydrogen (secondary N) is 1. The molecule has 0 fully saturated rings. The zero-order valence-corrected chi connectivity index (χ0v) is 13.2. The first kappa shape index (κ1) is 14.6. The van der Waals surface area contributed by atoms with Gasteiger partial charge in [0.25, 0.3) is 5.91 Å². The third kappa shape index (κ3) is 2.70. The van der Waals surface area contributed by atoms with Crippen molar-refractivity contribution in [1.29, 1.82) is 0 Å². The predicted octanol–water partition coefficient (Wildman–Crippen LogP) is 3.53. The summed E-state index contributed by atoms with van der Waals surface area (Å²) in [5.41, 5.74) is 4.05. The van der Waals surface area contributed by atoms with E-state index in [1.807, 2.05) is 60.8 Å². The van der Waals surface area contributed by atoms with Crippen molar-refractivity contribution < 1.29 is 4.79 Å². The molecular weight excluding hydrogens is 298 g/mol. The lowest BCUT2D eigenvalue weighted by atomic mass is 10.2. The van der Waals surface area contributed by atoms with Crippen LogP contribution in [0.2, 0.25) is 5.02 Å². The molecule has 4 nitrogen and oxygen atoms in total. The van der Waals surface area contributed by atoms with E-state index >= 15 is 0 Å². The first-order chi connectivity index (χ1) is 10.6. The number of hydrogen-bond donors (Lipinski definition) is 1. The lowest BCUT2D eigenvalue weighted by Gasteiger charge is -2.07. The Kier molecular flexibility index (Phi) is 3.86. The number of carbonyl (C=O) groups excluding carboxylic acids is 1. The van der Waals surface area contributed by atoms with Gasteiger partial charge in [0.05, 0.1) is 5.69 Å². The SMILES string of the molecule is Cc1ccn2c(C(=O)NCc3ccccc3Cl)c(C)nc2c1. The second-order valence-electron chi connectivity index (χ2n) is 5.25. The number of aryl methyl sites for hydroxylation is 2. The predicted molar refractivity (Wildman–Crippen MR) is 87.3 cm³/mol. The lowest BCUT2D eigenvalue weighted by Crippen LogP contribution is -2.25. The molecule has 2 aromatic heterocycles. The second kappa shape index (κ2) is 5.81. The summed E-state index contributed by atoms with van der Waals surface area (Å²) in [6.45, 7) is 4.23. The van der Waals surface area contributed by atoms with Crippen molar-refractivity contribution in [3.63, 3.8) is 0 Å². The summed E-state index contributed by atoms with van der Waals surface area (Å²) >= 11 is 6.11. The Balaban J connectivity index is 1.86. The van der Waals surface area contributed by atoms with Crippen LogP contribution < -0.4 is 5.32 Å². The fourth-order valence-electron chi connectivity index (χ4n) is 2.44. The fourth-order valence-corrected chi connectivity index (χ4v) is 2.64. The van der Waals surface area contributed by atoms with E-state index in [0.717, 1.165) is 16.8 Å². The maximum Gasteiger partial charge on any atom is 0.270 e. The molecule has 1 amide bonds. The van der Waals surface area contributed by atoms with Crippen LogP contribution in [-0.2, 0) is 6.54 Å². The van der Waals surface area contributed by atoms with E-state index < -0.39 is 0 Å². The van der Waals surface area contributed by atoms with Crippen molar-refractivity contribution in [2.24, 2.45) is 0 Å². The minimum absolute atomic E-state index is 0.159. The molecule has 0 atom stereocenters. The minimum Gasteiger partial charge on any atom is -0.347 e. The van der Waals surface area contributed by atoms with Crippen molar-refractivity contribution in [2.45, 2.75) is 20.4 Å². The van der Waals surface area contributed by atoms with Gasteiger partial charge in [0, 0.05) is 17.8 Å². The average molecular weight is 314 g/mol. The second-order valence-corrected chi connectivity index (χ2v) is 5.66. The number of halogens is 1. The van der Waals surface area contributed by atoms with Gasteiger partial charge in [-0.3, -0.25) is 9.20 Å². The van der Waals surface area contributed by atoms with E-state index in [4.69, 9.17) is 11.6 Å². The number of imidazole rings is 1. The number of carbonyl (C=O) groups is 1. The van der Waals surface area contributed by atoms with Gasteiger partial charge in [-0.25, -0.2) is 4.98 Å². The van der Waals surface area contributed by atoms with Gasteiger partial charge in [-0.1, -0.05) is 29.8 Å². The number of rotatable bonds is 3. The highest BCUT2D eigenvalue weighted by Gasteiger charge is 2.16. The number of benzene rings is 1. The van der Waals surface area contributed by atoms with Crippen LogP contribution in [0.3, 0.4) is 0 Å². The van der Waals surface area contributed by atoms with Crippen molar-refractivity contribution >= 4 is 23.2 Å². The van der Waals surface area contributed by atoms with E-state index in [0.29, 0.717) is 23.0 Å². The zero-order valence-electron chi connectivity index (χ0n) is 12.4. The van der Waals surface area contributed by atoms with Crippen LogP contribution in [0, 0.1) is 13.8 Å². The van der Waals surface area contributed by atoms with Crippen LogP contribution in [0.15, 0.2) is 42.6 Å². The molecule has 0 unspecified atom stereocenters. The zero-order chi connectivity index (χ0) is 15.7. The standard InChI is InChI=1S/C17H16ClN3O/c1-11-7-8-21-15(9-11)20-12(2)16(21)17(22)19-10-13-5-3-4-6-14(13)18/h3-9H,10H2,1-2H3,(H,19,22). The van der Waals surface area contributed by atoms with Gasteiger partial charge in [0.2, 0.25) is 0 Å². The van der Waals surface area contributed by atoms with E-state index in [1.165, 1.54) is 0 Å². The molecule has 1 aromatic carbocycles. The Morgan fingerprint density at radius 3 is 2.82 bits per heavy atom. The van der Waals surface area contributed by atoms with Crippen LogP contribution in [-0.4, -0.2) is 15.3 Å². The van der Waals surface area contributed by atoms with Crippen LogP contribution in [0.1, 0.15) is 27.3 Å². The van der Waals surface area contributed by atoms with Crippen LogP contribution in [0.5, 0.6) is 0 Å². The molecule has 5 heteroatoms. The average Bonchev–Trinajstić information content (AvgIpc) is 2.81. The molecule has 1 N–H and O–H groups in total. The Hall–Kier alpha value is -2.33. The van der Waals surface area contributed by atoms with Gasteiger partial charge in [-0.05, 0) is 43.2 Å². The lowest BCUT2D eigenvalue weighted by molar-refractivity contribution is 0.0944. The maximum absolute atomic E-state index is 12.5. The summed E-state index contributed by atoms with van der Waals surface area (Å²) in [5.74, 6) is -0.159. The number of nitrogens with zero attached hydrogens (tertiary/aromatic N) is 2.